The van der Waals surface area contributed by atoms with Crippen LogP contribution < -0.4 is 5.56 Å². The van der Waals surface area contributed by atoms with Gasteiger partial charge in [0.1, 0.15) is 5.69 Å². The normalized spacial score (nSPS) is 10.2. The molecule has 0 aliphatic rings. The third-order valence-corrected chi connectivity index (χ3v) is 2.53. The predicted molar refractivity (Wildman–Crippen MR) is 72.0 cm³/mol. The van der Waals surface area contributed by atoms with Crippen molar-refractivity contribution >= 4 is 5.91 Å². The number of aryl methyl sites for hydroxylation is 1. The average molecular weight is 265 g/mol. The van der Waals surface area contributed by atoms with Crippen LogP contribution in [0.2, 0.25) is 0 Å². The number of nitrogens with zero attached hydrogens (tertiary/aromatic N) is 3. The Kier molecular flexibility index (Phi) is 5.95. The highest BCUT2D eigenvalue weighted by atomic mass is 16.3. The van der Waals surface area contributed by atoms with Crippen LogP contribution in [-0.4, -0.2) is 45.4 Å². The molecule has 1 N–H and O–H groups in total. The van der Waals surface area contributed by atoms with Crippen molar-refractivity contribution in [2.75, 3.05) is 19.7 Å². The lowest BCUT2D eigenvalue weighted by Gasteiger charge is -2.19. The summed E-state index contributed by atoms with van der Waals surface area (Å²) in [7, 11) is 0. The van der Waals surface area contributed by atoms with Crippen molar-refractivity contribution in [1.29, 1.82) is 0 Å². The fourth-order valence-electron chi connectivity index (χ4n) is 1.65. The number of aromatic nitrogens is 2. The molecule has 0 bridgehead atoms. The third-order valence-electron chi connectivity index (χ3n) is 2.53. The van der Waals surface area contributed by atoms with E-state index in [-0.39, 0.29) is 30.3 Å². The lowest BCUT2D eigenvalue weighted by atomic mass is 10.3. The molecule has 6 heteroatoms. The first-order valence-corrected chi connectivity index (χ1v) is 6.23. The fourth-order valence-corrected chi connectivity index (χ4v) is 1.65. The SMILES string of the molecule is C=CCN(CCO)C(=O)c1ccc(=O)n(CCC)n1. The first-order valence-electron chi connectivity index (χ1n) is 6.23. The van der Waals surface area contributed by atoms with E-state index >= 15 is 0 Å². The maximum absolute atomic E-state index is 12.2. The summed E-state index contributed by atoms with van der Waals surface area (Å²) in [6.45, 7) is 6.38. The molecule has 0 fully saturated rings. The molecular weight excluding hydrogens is 246 g/mol. The molecule has 0 aliphatic heterocycles. The second-order valence-electron chi connectivity index (χ2n) is 4.04. The van der Waals surface area contributed by atoms with Gasteiger partial charge in [-0.3, -0.25) is 9.59 Å². The molecule has 1 aromatic rings. The van der Waals surface area contributed by atoms with E-state index in [0.29, 0.717) is 13.1 Å². The molecular formula is C13H19N3O3. The highest BCUT2D eigenvalue weighted by Crippen LogP contribution is 2.00. The Morgan fingerprint density at radius 1 is 1.58 bits per heavy atom. The van der Waals surface area contributed by atoms with Crippen LogP contribution >= 0.6 is 0 Å². The van der Waals surface area contributed by atoms with Gasteiger partial charge >= 0.3 is 0 Å². The zero-order valence-electron chi connectivity index (χ0n) is 11.1. The first kappa shape index (κ1) is 15.1. The number of rotatable bonds is 7. The summed E-state index contributed by atoms with van der Waals surface area (Å²) in [6.07, 6.45) is 2.34. The summed E-state index contributed by atoms with van der Waals surface area (Å²) in [5, 5.41) is 13.0. The van der Waals surface area contributed by atoms with E-state index < -0.39 is 0 Å². The van der Waals surface area contributed by atoms with E-state index in [1.807, 2.05) is 6.92 Å². The van der Waals surface area contributed by atoms with Gasteiger partial charge in [0.15, 0.2) is 0 Å². The minimum Gasteiger partial charge on any atom is -0.395 e. The van der Waals surface area contributed by atoms with E-state index in [2.05, 4.69) is 11.7 Å². The number of carbonyl (C=O) groups is 1. The molecule has 104 valence electrons. The van der Waals surface area contributed by atoms with Gasteiger partial charge in [-0.15, -0.1) is 6.58 Å². The minimum absolute atomic E-state index is 0.131. The van der Waals surface area contributed by atoms with Crippen LogP contribution in [0.25, 0.3) is 0 Å². The van der Waals surface area contributed by atoms with Crippen molar-refractivity contribution in [3.05, 3.63) is 40.8 Å². The number of aliphatic hydroxyl groups excluding tert-OH is 1. The van der Waals surface area contributed by atoms with Crippen molar-refractivity contribution in [3.8, 4) is 0 Å². The molecule has 1 heterocycles. The highest BCUT2D eigenvalue weighted by molar-refractivity contribution is 5.92. The van der Waals surface area contributed by atoms with Crippen molar-refractivity contribution in [2.45, 2.75) is 19.9 Å². The van der Waals surface area contributed by atoms with Gasteiger partial charge in [-0.05, 0) is 12.5 Å². The van der Waals surface area contributed by atoms with E-state index in [0.717, 1.165) is 6.42 Å². The molecule has 19 heavy (non-hydrogen) atoms. The van der Waals surface area contributed by atoms with Crippen LogP contribution in [0, 0.1) is 0 Å². The van der Waals surface area contributed by atoms with Crippen LogP contribution in [0.3, 0.4) is 0 Å². The van der Waals surface area contributed by atoms with Gasteiger partial charge in [0.05, 0.1) is 6.61 Å². The molecule has 0 saturated carbocycles. The molecule has 0 aliphatic carbocycles. The second kappa shape index (κ2) is 7.48. The zero-order chi connectivity index (χ0) is 14.3. The summed E-state index contributed by atoms with van der Waals surface area (Å²) < 4.78 is 1.28. The fraction of sp³-hybridized carbons (Fsp3) is 0.462. The maximum atomic E-state index is 12.2. The van der Waals surface area contributed by atoms with Gasteiger partial charge in [-0.1, -0.05) is 13.0 Å². The van der Waals surface area contributed by atoms with Crippen LogP contribution in [0.1, 0.15) is 23.8 Å². The maximum Gasteiger partial charge on any atom is 0.274 e. The molecule has 0 atom stereocenters. The lowest BCUT2D eigenvalue weighted by Crippen LogP contribution is -2.36. The van der Waals surface area contributed by atoms with Gasteiger partial charge in [0.2, 0.25) is 0 Å². The summed E-state index contributed by atoms with van der Waals surface area (Å²) in [4.78, 5) is 25.1. The van der Waals surface area contributed by atoms with Gasteiger partial charge < -0.3 is 10.0 Å². The molecule has 1 aromatic heterocycles. The van der Waals surface area contributed by atoms with Crippen molar-refractivity contribution in [1.82, 2.24) is 14.7 Å². The number of aliphatic hydroxyl groups is 1. The topological polar surface area (TPSA) is 75.4 Å². The standard InChI is InChI=1S/C13H19N3O3/c1-3-7-15(9-10-17)13(19)11-5-6-12(18)16(14-11)8-4-2/h3,5-6,17H,1,4,7-10H2,2H3. The molecule has 0 spiro atoms. The highest BCUT2D eigenvalue weighted by Gasteiger charge is 2.16. The summed E-state index contributed by atoms with van der Waals surface area (Å²) >= 11 is 0. The Morgan fingerprint density at radius 3 is 2.89 bits per heavy atom. The summed E-state index contributed by atoms with van der Waals surface area (Å²) in [6, 6.07) is 2.74. The molecule has 0 aromatic carbocycles. The predicted octanol–water partition coefficient (Wildman–Crippen LogP) is 0.274. The van der Waals surface area contributed by atoms with Gasteiger partial charge in [0, 0.05) is 25.7 Å². The smallest absolute Gasteiger partial charge is 0.274 e. The number of amides is 1. The van der Waals surface area contributed by atoms with Gasteiger partial charge in [-0.25, -0.2) is 4.68 Å². The van der Waals surface area contributed by atoms with Crippen molar-refractivity contribution < 1.29 is 9.90 Å². The van der Waals surface area contributed by atoms with E-state index in [1.54, 1.807) is 6.08 Å². The number of hydrogen-bond donors (Lipinski definition) is 1. The van der Waals surface area contributed by atoms with Crippen molar-refractivity contribution in [2.24, 2.45) is 0 Å². The third kappa shape index (κ3) is 4.03. The van der Waals surface area contributed by atoms with Gasteiger partial charge in [-0.2, -0.15) is 5.10 Å². The molecule has 0 unspecified atom stereocenters. The van der Waals surface area contributed by atoms with E-state index in [4.69, 9.17) is 5.11 Å². The number of carbonyl (C=O) groups excluding carboxylic acids is 1. The monoisotopic (exact) mass is 265 g/mol. The van der Waals surface area contributed by atoms with Crippen molar-refractivity contribution in [3.63, 3.8) is 0 Å². The molecule has 0 radical (unpaired) electrons. The lowest BCUT2D eigenvalue weighted by molar-refractivity contribution is 0.0734. The largest absolute Gasteiger partial charge is 0.395 e. The Bertz CT molecular complexity index is 496. The first-order chi connectivity index (χ1) is 9.13. The Hall–Kier alpha value is -1.95. The Balaban J connectivity index is 3.00. The van der Waals surface area contributed by atoms with Crippen LogP contribution in [0.4, 0.5) is 0 Å². The summed E-state index contributed by atoms with van der Waals surface area (Å²) in [5.41, 5.74) is -0.0285. The van der Waals surface area contributed by atoms with Gasteiger partial charge in [0.25, 0.3) is 11.5 Å². The molecule has 1 amide bonds. The van der Waals surface area contributed by atoms with Crippen LogP contribution in [0.15, 0.2) is 29.6 Å². The molecule has 0 saturated heterocycles. The summed E-state index contributed by atoms with van der Waals surface area (Å²) in [5.74, 6) is -0.321. The molecule has 6 nitrogen and oxygen atoms in total. The van der Waals surface area contributed by atoms with Crippen LogP contribution in [-0.2, 0) is 6.54 Å². The van der Waals surface area contributed by atoms with Crippen LogP contribution in [0.5, 0.6) is 0 Å². The second-order valence-corrected chi connectivity index (χ2v) is 4.04. The average Bonchev–Trinajstić information content (AvgIpc) is 2.40. The zero-order valence-corrected chi connectivity index (χ0v) is 11.1. The quantitative estimate of drug-likeness (QED) is 0.718. The Morgan fingerprint density at radius 2 is 2.32 bits per heavy atom. The number of hydrogen-bond acceptors (Lipinski definition) is 4. The minimum atomic E-state index is -0.321. The van der Waals surface area contributed by atoms with E-state index in [1.165, 1.54) is 21.7 Å². The Labute approximate surface area is 112 Å². The molecule has 1 rings (SSSR count). The van der Waals surface area contributed by atoms with E-state index in [9.17, 15) is 9.59 Å².